The summed E-state index contributed by atoms with van der Waals surface area (Å²) in [5, 5.41) is 10.6. The van der Waals surface area contributed by atoms with Crippen LogP contribution in [0.3, 0.4) is 0 Å². The third kappa shape index (κ3) is 3.90. The second-order valence-electron chi connectivity index (χ2n) is 3.45. The van der Waals surface area contributed by atoms with Crippen molar-refractivity contribution in [3.8, 4) is 0 Å². The first-order valence-corrected chi connectivity index (χ1v) is 4.42. The minimum absolute atomic E-state index is 0.122. The summed E-state index contributed by atoms with van der Waals surface area (Å²) in [5.41, 5.74) is 0.602. The van der Waals surface area contributed by atoms with Crippen LogP contribution < -0.4 is 5.32 Å². The fourth-order valence-corrected chi connectivity index (χ4v) is 1.42. The number of aliphatic carboxylic acids is 1. The van der Waals surface area contributed by atoms with Gasteiger partial charge in [-0.25, -0.2) is 4.79 Å². The summed E-state index contributed by atoms with van der Waals surface area (Å²) in [6.07, 6.45) is 1.07. The average Bonchev–Trinajstić information content (AvgIpc) is 1.98. The molecular weight excluding hydrogens is 200 g/mol. The maximum Gasteiger partial charge on any atom is 0.328 e. The van der Waals surface area contributed by atoms with Gasteiger partial charge in [-0.2, -0.15) is 0 Å². The quantitative estimate of drug-likeness (QED) is 0.461. The van der Waals surface area contributed by atoms with Crippen LogP contribution in [-0.4, -0.2) is 47.4 Å². The van der Waals surface area contributed by atoms with Gasteiger partial charge in [0.15, 0.2) is 0 Å². The lowest BCUT2D eigenvalue weighted by molar-refractivity contribution is -0.135. The van der Waals surface area contributed by atoms with Crippen LogP contribution in [0.5, 0.6) is 0 Å². The molecule has 1 saturated heterocycles. The van der Waals surface area contributed by atoms with Gasteiger partial charge < -0.3 is 5.11 Å². The standard InChI is InChI=1S/C9H12N2O4/c1-6(2-9(14)15)3-11-4-7(12)10-8(13)5-11/h2H,3-5H2,1H3,(H,14,15)(H,10,12,13). The summed E-state index contributed by atoms with van der Waals surface area (Å²) in [4.78, 5) is 33.9. The van der Waals surface area contributed by atoms with Crippen LogP contribution in [0.25, 0.3) is 0 Å². The molecule has 0 unspecified atom stereocenters. The fraction of sp³-hybridized carbons (Fsp3) is 0.444. The van der Waals surface area contributed by atoms with E-state index in [-0.39, 0.29) is 24.9 Å². The number of piperazine rings is 1. The monoisotopic (exact) mass is 212 g/mol. The smallest absolute Gasteiger partial charge is 0.328 e. The molecule has 0 radical (unpaired) electrons. The van der Waals surface area contributed by atoms with E-state index in [0.29, 0.717) is 12.1 Å². The van der Waals surface area contributed by atoms with E-state index >= 15 is 0 Å². The Balaban J connectivity index is 2.54. The number of carboxylic acids is 1. The molecule has 2 N–H and O–H groups in total. The largest absolute Gasteiger partial charge is 0.478 e. The molecule has 0 aromatic rings. The zero-order chi connectivity index (χ0) is 11.4. The Bertz CT molecular complexity index is 319. The Morgan fingerprint density at radius 3 is 2.47 bits per heavy atom. The van der Waals surface area contributed by atoms with Gasteiger partial charge in [-0.05, 0) is 6.92 Å². The maximum absolute atomic E-state index is 11.0. The highest BCUT2D eigenvalue weighted by molar-refractivity contribution is 5.99. The molecule has 0 saturated carbocycles. The molecule has 6 nitrogen and oxygen atoms in total. The van der Waals surface area contributed by atoms with Gasteiger partial charge >= 0.3 is 5.97 Å². The normalized spacial score (nSPS) is 18.9. The molecule has 0 aromatic heterocycles. The summed E-state index contributed by atoms with van der Waals surface area (Å²) in [7, 11) is 0. The first-order valence-electron chi connectivity index (χ1n) is 4.42. The maximum atomic E-state index is 11.0. The van der Waals surface area contributed by atoms with Crippen LogP contribution in [-0.2, 0) is 14.4 Å². The highest BCUT2D eigenvalue weighted by Crippen LogP contribution is 2.01. The predicted octanol–water partition coefficient (Wildman–Crippen LogP) is -1.02. The molecule has 2 amide bonds. The summed E-state index contributed by atoms with van der Waals surface area (Å²) in [5.74, 6) is -1.73. The number of rotatable bonds is 3. The van der Waals surface area contributed by atoms with Crippen LogP contribution in [0.1, 0.15) is 6.92 Å². The lowest BCUT2D eigenvalue weighted by atomic mass is 10.2. The van der Waals surface area contributed by atoms with Gasteiger partial charge in [-0.15, -0.1) is 0 Å². The zero-order valence-corrected chi connectivity index (χ0v) is 8.32. The van der Waals surface area contributed by atoms with E-state index in [1.165, 1.54) is 0 Å². The van der Waals surface area contributed by atoms with E-state index in [2.05, 4.69) is 5.32 Å². The summed E-state index contributed by atoms with van der Waals surface area (Å²) >= 11 is 0. The summed E-state index contributed by atoms with van der Waals surface area (Å²) in [6, 6.07) is 0. The number of carboxylic acid groups (broad SMARTS) is 1. The van der Waals surface area contributed by atoms with Crippen molar-refractivity contribution < 1.29 is 19.5 Å². The molecule has 0 spiro atoms. The van der Waals surface area contributed by atoms with Gasteiger partial charge in [0.1, 0.15) is 0 Å². The Morgan fingerprint density at radius 2 is 2.00 bits per heavy atom. The second kappa shape index (κ2) is 4.70. The van der Waals surface area contributed by atoms with E-state index in [0.717, 1.165) is 6.08 Å². The molecule has 0 aromatic carbocycles. The lowest BCUT2D eigenvalue weighted by Gasteiger charge is -2.25. The molecule has 1 fully saturated rings. The summed E-state index contributed by atoms with van der Waals surface area (Å²) < 4.78 is 0. The van der Waals surface area contributed by atoms with Gasteiger partial charge in [0, 0.05) is 12.6 Å². The minimum Gasteiger partial charge on any atom is -0.478 e. The van der Waals surface area contributed by atoms with Crippen molar-refractivity contribution in [3.05, 3.63) is 11.6 Å². The Morgan fingerprint density at radius 1 is 1.47 bits per heavy atom. The van der Waals surface area contributed by atoms with E-state index in [1.54, 1.807) is 11.8 Å². The van der Waals surface area contributed by atoms with Gasteiger partial charge in [0.05, 0.1) is 13.1 Å². The highest BCUT2D eigenvalue weighted by atomic mass is 16.4. The van der Waals surface area contributed by atoms with E-state index in [4.69, 9.17) is 5.11 Å². The molecule has 1 aliphatic heterocycles. The minimum atomic E-state index is -1.03. The van der Waals surface area contributed by atoms with Crippen molar-refractivity contribution >= 4 is 17.8 Å². The Kier molecular flexibility index (Phi) is 3.56. The predicted molar refractivity (Wildman–Crippen MR) is 51.0 cm³/mol. The number of hydrogen-bond donors (Lipinski definition) is 2. The third-order valence-corrected chi connectivity index (χ3v) is 1.86. The highest BCUT2D eigenvalue weighted by Gasteiger charge is 2.22. The van der Waals surface area contributed by atoms with Gasteiger partial charge in [0.25, 0.3) is 0 Å². The van der Waals surface area contributed by atoms with E-state index in [9.17, 15) is 14.4 Å². The van der Waals surface area contributed by atoms with E-state index < -0.39 is 5.97 Å². The molecule has 0 atom stereocenters. The van der Waals surface area contributed by atoms with Crippen molar-refractivity contribution in [1.29, 1.82) is 0 Å². The molecule has 6 heteroatoms. The van der Waals surface area contributed by atoms with Crippen LogP contribution in [0.4, 0.5) is 0 Å². The molecule has 82 valence electrons. The van der Waals surface area contributed by atoms with Crippen LogP contribution in [0.2, 0.25) is 0 Å². The topological polar surface area (TPSA) is 86.7 Å². The fourth-order valence-electron chi connectivity index (χ4n) is 1.42. The number of hydrogen-bond acceptors (Lipinski definition) is 4. The molecule has 0 bridgehead atoms. The number of carbonyl (C=O) groups is 3. The van der Waals surface area contributed by atoms with Crippen molar-refractivity contribution in [2.75, 3.05) is 19.6 Å². The van der Waals surface area contributed by atoms with Gasteiger partial charge in [0.2, 0.25) is 11.8 Å². The third-order valence-electron chi connectivity index (χ3n) is 1.86. The summed E-state index contributed by atoms with van der Waals surface area (Å²) in [6.45, 7) is 2.20. The van der Waals surface area contributed by atoms with Crippen molar-refractivity contribution in [2.24, 2.45) is 0 Å². The first kappa shape index (κ1) is 11.4. The van der Waals surface area contributed by atoms with E-state index in [1.807, 2.05) is 0 Å². The van der Waals surface area contributed by atoms with Crippen molar-refractivity contribution in [3.63, 3.8) is 0 Å². The molecule has 1 rings (SSSR count). The second-order valence-corrected chi connectivity index (χ2v) is 3.45. The molecule has 15 heavy (non-hydrogen) atoms. The van der Waals surface area contributed by atoms with Crippen LogP contribution >= 0.6 is 0 Å². The van der Waals surface area contributed by atoms with Crippen LogP contribution in [0, 0.1) is 0 Å². The number of nitrogens with zero attached hydrogens (tertiary/aromatic N) is 1. The molecule has 1 aliphatic rings. The SMILES string of the molecule is CC(=CC(=O)O)CN1CC(=O)NC(=O)C1. The molecule has 0 aliphatic carbocycles. The van der Waals surface area contributed by atoms with Crippen molar-refractivity contribution in [2.45, 2.75) is 6.92 Å². The zero-order valence-electron chi connectivity index (χ0n) is 8.32. The molecular formula is C9H12N2O4. The first-order chi connectivity index (χ1) is 6.97. The average molecular weight is 212 g/mol. The van der Waals surface area contributed by atoms with Gasteiger partial charge in [-0.1, -0.05) is 5.57 Å². The number of carbonyl (C=O) groups excluding carboxylic acids is 2. The number of amides is 2. The number of imide groups is 1. The van der Waals surface area contributed by atoms with Crippen molar-refractivity contribution in [1.82, 2.24) is 10.2 Å². The van der Waals surface area contributed by atoms with Crippen LogP contribution in [0.15, 0.2) is 11.6 Å². The Labute approximate surface area is 86.6 Å². The number of nitrogens with one attached hydrogen (secondary N) is 1. The van der Waals surface area contributed by atoms with Gasteiger partial charge in [-0.3, -0.25) is 19.8 Å². The Hall–Kier alpha value is -1.69. The lowest BCUT2D eigenvalue weighted by Crippen LogP contribution is -2.51. The molecule has 1 heterocycles.